The lowest BCUT2D eigenvalue weighted by Crippen LogP contribution is -2.57. The second-order valence-corrected chi connectivity index (χ2v) is 11.8. The van der Waals surface area contributed by atoms with Crippen molar-refractivity contribution in [1.82, 2.24) is 0 Å². The van der Waals surface area contributed by atoms with E-state index >= 15 is 0 Å². The lowest BCUT2D eigenvalue weighted by Gasteiger charge is -2.45. The van der Waals surface area contributed by atoms with Crippen molar-refractivity contribution in [1.29, 1.82) is 0 Å². The van der Waals surface area contributed by atoms with Gasteiger partial charge in [-0.2, -0.15) is 0 Å². The summed E-state index contributed by atoms with van der Waals surface area (Å²) in [5, 5.41) is 0. The Morgan fingerprint density at radius 2 is 0.824 bits per heavy atom. The zero-order chi connectivity index (χ0) is 35.6. The van der Waals surface area contributed by atoms with E-state index in [1.165, 1.54) is 0 Å². The van der Waals surface area contributed by atoms with Crippen LogP contribution in [-0.2, 0) is 61.6 Å². The van der Waals surface area contributed by atoms with Crippen LogP contribution in [0.25, 0.3) is 0 Å². The van der Waals surface area contributed by atoms with Gasteiger partial charge in [-0.05, 0) is 6.42 Å². The number of methoxy groups -OCH3 is 1. The van der Waals surface area contributed by atoms with Crippen LogP contribution in [-0.4, -0.2) is 144 Å². The second kappa shape index (κ2) is 26.6. The Kier molecular flexibility index (Phi) is 21.8. The molecule has 0 aliphatic carbocycles. The predicted octanol–water partition coefficient (Wildman–Crippen LogP) is 4.14. The molecule has 0 N–H and O–H groups in total. The van der Waals surface area contributed by atoms with Gasteiger partial charge in [-0.3, -0.25) is 0 Å². The first kappa shape index (κ1) is 41.7. The molecule has 4 rings (SSSR count). The van der Waals surface area contributed by atoms with Gasteiger partial charge in [0.25, 0.3) is 0 Å². The van der Waals surface area contributed by atoms with Gasteiger partial charge >= 0.3 is 0 Å². The Bertz CT molecular complexity index is 1100. The minimum Gasteiger partial charge on any atom is -0.382 e. The highest BCUT2D eigenvalue weighted by Crippen LogP contribution is 2.36. The fourth-order valence-corrected chi connectivity index (χ4v) is 5.41. The molecular weight excluding hydrogens is 664 g/mol. The summed E-state index contributed by atoms with van der Waals surface area (Å²) in [7, 11) is 1.65. The van der Waals surface area contributed by atoms with E-state index in [1.54, 1.807) is 7.11 Å². The first-order valence-corrected chi connectivity index (χ1v) is 18.1. The molecule has 13 heteroatoms. The third-order valence-corrected chi connectivity index (χ3v) is 7.97. The summed E-state index contributed by atoms with van der Waals surface area (Å²) in [6.45, 7) is 10.00. The SMILES string of the molecule is CCCOCCOCCOCCO[C@H]1COC(c2ccccc2)O[C@@H]1[C@H]1OC(c2ccccc2)OC[C@@H]1OCCOCCOCCOCCOC. The van der Waals surface area contributed by atoms with Crippen molar-refractivity contribution in [3.8, 4) is 0 Å². The maximum atomic E-state index is 6.66. The average molecular weight is 723 g/mol. The molecule has 0 spiro atoms. The summed E-state index contributed by atoms with van der Waals surface area (Å²) in [5.74, 6) is 0. The van der Waals surface area contributed by atoms with E-state index < -0.39 is 37.0 Å². The molecule has 0 aromatic heterocycles. The summed E-state index contributed by atoms with van der Waals surface area (Å²) < 4.78 is 76.8. The molecule has 2 saturated heterocycles. The second-order valence-electron chi connectivity index (χ2n) is 11.8. The Morgan fingerprint density at radius 3 is 1.20 bits per heavy atom. The van der Waals surface area contributed by atoms with Crippen molar-refractivity contribution < 1.29 is 61.6 Å². The largest absolute Gasteiger partial charge is 0.382 e. The van der Waals surface area contributed by atoms with Crippen molar-refractivity contribution in [2.24, 2.45) is 0 Å². The van der Waals surface area contributed by atoms with E-state index in [0.717, 1.165) is 24.2 Å². The van der Waals surface area contributed by atoms with Gasteiger partial charge < -0.3 is 61.6 Å². The zero-order valence-corrected chi connectivity index (χ0v) is 30.3. The van der Waals surface area contributed by atoms with Crippen LogP contribution < -0.4 is 0 Å². The van der Waals surface area contributed by atoms with Crippen molar-refractivity contribution >= 4 is 0 Å². The minimum absolute atomic E-state index is 0.298. The first-order valence-electron chi connectivity index (χ1n) is 18.1. The van der Waals surface area contributed by atoms with Crippen LogP contribution in [0.1, 0.15) is 37.1 Å². The number of hydrogen-bond acceptors (Lipinski definition) is 13. The van der Waals surface area contributed by atoms with E-state index in [9.17, 15) is 0 Å². The van der Waals surface area contributed by atoms with Gasteiger partial charge in [0.2, 0.25) is 0 Å². The average Bonchev–Trinajstić information content (AvgIpc) is 3.18. The number of ether oxygens (including phenoxy) is 13. The minimum atomic E-state index is -0.596. The topological polar surface area (TPSA) is 120 Å². The summed E-state index contributed by atoms with van der Waals surface area (Å²) in [5.41, 5.74) is 1.82. The predicted molar refractivity (Wildman–Crippen MR) is 187 cm³/mol. The summed E-state index contributed by atoms with van der Waals surface area (Å²) in [6.07, 6.45) is -2.16. The van der Waals surface area contributed by atoms with Crippen LogP contribution in [0.2, 0.25) is 0 Å². The van der Waals surface area contributed by atoms with Crippen LogP contribution in [0.5, 0.6) is 0 Å². The van der Waals surface area contributed by atoms with E-state index in [4.69, 9.17) is 61.6 Å². The highest BCUT2D eigenvalue weighted by atomic mass is 16.7. The van der Waals surface area contributed by atoms with Gasteiger partial charge in [0.15, 0.2) is 12.6 Å². The third kappa shape index (κ3) is 16.2. The van der Waals surface area contributed by atoms with E-state index in [0.29, 0.717) is 106 Å². The number of hydrogen-bond donors (Lipinski definition) is 0. The Labute approximate surface area is 302 Å². The van der Waals surface area contributed by atoms with Crippen molar-refractivity contribution in [3.63, 3.8) is 0 Å². The fourth-order valence-electron chi connectivity index (χ4n) is 5.41. The van der Waals surface area contributed by atoms with Gasteiger partial charge in [-0.1, -0.05) is 67.6 Å². The molecule has 2 aliphatic heterocycles. The standard InChI is InChI=1S/C38H58O13/c1-3-14-40-17-18-42-21-23-44-25-27-46-33-29-48-37(31-10-6-4-7-11-31)50-35(33)36-34(30-49-38(51-36)32-12-8-5-9-13-32)47-28-26-45-24-22-43-20-19-41-16-15-39-2/h4-13,33-38H,3,14-30H2,1-2H3/t33-,34-,35-,36-,37?,38?/m0/s1. The van der Waals surface area contributed by atoms with Crippen molar-refractivity contribution in [2.75, 3.05) is 119 Å². The Morgan fingerprint density at radius 1 is 0.471 bits per heavy atom. The summed E-state index contributed by atoms with van der Waals surface area (Å²) in [6, 6.07) is 19.7. The van der Waals surface area contributed by atoms with Crippen LogP contribution in [0.4, 0.5) is 0 Å². The molecule has 2 heterocycles. The van der Waals surface area contributed by atoms with Gasteiger partial charge in [0.05, 0.1) is 106 Å². The highest BCUT2D eigenvalue weighted by molar-refractivity contribution is 5.18. The molecule has 288 valence electrons. The van der Waals surface area contributed by atoms with Gasteiger partial charge in [-0.15, -0.1) is 0 Å². The molecule has 0 saturated carbocycles. The quantitative estimate of drug-likeness (QED) is 0.117. The molecule has 51 heavy (non-hydrogen) atoms. The Balaban J connectivity index is 1.30. The molecule has 0 amide bonds. The summed E-state index contributed by atoms with van der Waals surface area (Å²) in [4.78, 5) is 0. The molecule has 0 bridgehead atoms. The van der Waals surface area contributed by atoms with Crippen molar-refractivity contribution in [2.45, 2.75) is 50.3 Å². The van der Waals surface area contributed by atoms with Crippen LogP contribution in [0.15, 0.2) is 60.7 Å². The highest BCUT2D eigenvalue weighted by Gasteiger charge is 2.46. The molecule has 2 unspecified atom stereocenters. The molecular formula is C38H58O13. The zero-order valence-electron chi connectivity index (χ0n) is 30.3. The van der Waals surface area contributed by atoms with Gasteiger partial charge in [0.1, 0.15) is 24.4 Å². The molecule has 13 nitrogen and oxygen atoms in total. The fraction of sp³-hybridized carbons (Fsp3) is 0.684. The van der Waals surface area contributed by atoms with Crippen LogP contribution >= 0.6 is 0 Å². The first-order chi connectivity index (χ1) is 25.3. The number of rotatable bonds is 28. The molecule has 2 fully saturated rings. The maximum Gasteiger partial charge on any atom is 0.184 e. The molecule has 6 atom stereocenters. The lowest BCUT2D eigenvalue weighted by atomic mass is 10.00. The molecule has 2 aromatic carbocycles. The molecule has 2 aliphatic rings. The van der Waals surface area contributed by atoms with Crippen molar-refractivity contribution in [3.05, 3.63) is 71.8 Å². The lowest BCUT2D eigenvalue weighted by molar-refractivity contribution is -0.340. The smallest absolute Gasteiger partial charge is 0.184 e. The van der Waals surface area contributed by atoms with Crippen LogP contribution in [0, 0.1) is 0 Å². The van der Waals surface area contributed by atoms with Gasteiger partial charge in [-0.25, -0.2) is 0 Å². The third-order valence-electron chi connectivity index (χ3n) is 7.97. The molecule has 0 radical (unpaired) electrons. The Hall–Kier alpha value is -2.08. The van der Waals surface area contributed by atoms with E-state index in [1.807, 2.05) is 60.7 Å². The maximum absolute atomic E-state index is 6.66. The van der Waals surface area contributed by atoms with Crippen LogP contribution in [0.3, 0.4) is 0 Å². The summed E-state index contributed by atoms with van der Waals surface area (Å²) >= 11 is 0. The molecule has 2 aromatic rings. The van der Waals surface area contributed by atoms with Gasteiger partial charge in [0, 0.05) is 24.8 Å². The van der Waals surface area contributed by atoms with E-state index in [2.05, 4.69) is 6.92 Å². The monoisotopic (exact) mass is 722 g/mol. The normalized spacial score (nSPS) is 23.8. The number of benzene rings is 2. The van der Waals surface area contributed by atoms with E-state index in [-0.39, 0.29) is 0 Å².